The van der Waals surface area contributed by atoms with E-state index < -0.39 is 0 Å². The smallest absolute Gasteiger partial charge is 0.0217 e. The van der Waals surface area contributed by atoms with Crippen molar-refractivity contribution in [1.82, 2.24) is 5.32 Å². The van der Waals surface area contributed by atoms with Crippen LogP contribution in [-0.4, -0.2) is 12.6 Å². The minimum atomic E-state index is 0.575. The summed E-state index contributed by atoms with van der Waals surface area (Å²) < 4.78 is 0. The molecule has 1 heteroatoms. The van der Waals surface area contributed by atoms with Crippen molar-refractivity contribution in [1.29, 1.82) is 0 Å². The quantitative estimate of drug-likeness (QED) is 0.332. The zero-order valence-electron chi connectivity index (χ0n) is 12.3. The van der Waals surface area contributed by atoms with Gasteiger partial charge in [-0.1, -0.05) is 51.7 Å². The Morgan fingerprint density at radius 1 is 0.882 bits per heavy atom. The topological polar surface area (TPSA) is 14.1 Å². The zero-order chi connectivity index (χ0) is 12.8. The molecule has 0 fully saturated rings. The third-order valence-electron chi connectivity index (χ3n) is 3.09. The van der Waals surface area contributed by atoms with E-state index in [4.69, 9.17) is 0 Å². The maximum absolute atomic E-state index is 4.65. The molecule has 0 N–H and O–H groups in total. The molecule has 0 aliphatic heterocycles. The Hall–Kier alpha value is -0.300. The summed E-state index contributed by atoms with van der Waals surface area (Å²) in [4.78, 5) is 0. The van der Waals surface area contributed by atoms with Crippen molar-refractivity contribution in [3.63, 3.8) is 0 Å². The van der Waals surface area contributed by atoms with Crippen LogP contribution >= 0.6 is 0 Å². The summed E-state index contributed by atoms with van der Waals surface area (Å²) >= 11 is 0. The number of allylic oxidation sites excluding steroid dienone is 2. The Kier molecular flexibility index (Phi) is 13.5. The third kappa shape index (κ3) is 13.6. The first-order valence-electron chi connectivity index (χ1n) is 7.62. The summed E-state index contributed by atoms with van der Waals surface area (Å²) in [7, 11) is 0. The van der Waals surface area contributed by atoms with Crippen LogP contribution in [0.1, 0.15) is 78.6 Å². The van der Waals surface area contributed by atoms with Crippen LogP contribution in [0.5, 0.6) is 0 Å². The Morgan fingerprint density at radius 3 is 2.18 bits per heavy atom. The molecule has 17 heavy (non-hydrogen) atoms. The number of unbranched alkanes of at least 4 members (excludes halogenated alkanes) is 5. The average Bonchev–Trinajstić information content (AvgIpc) is 2.33. The molecule has 0 saturated carbocycles. The van der Waals surface area contributed by atoms with Gasteiger partial charge >= 0.3 is 0 Å². The van der Waals surface area contributed by atoms with Gasteiger partial charge in [0.05, 0.1) is 0 Å². The molecule has 0 rings (SSSR count). The highest BCUT2D eigenvalue weighted by molar-refractivity contribution is 4.81. The fraction of sp³-hybridized carbons (Fsp3) is 0.875. The molecule has 0 aromatic rings. The number of hydrogen-bond acceptors (Lipinski definition) is 0. The minimum absolute atomic E-state index is 0.575. The second-order valence-corrected chi connectivity index (χ2v) is 5.01. The van der Waals surface area contributed by atoms with Gasteiger partial charge in [0.25, 0.3) is 0 Å². The summed E-state index contributed by atoms with van der Waals surface area (Å²) in [6.45, 7) is 7.80. The van der Waals surface area contributed by atoms with E-state index in [0.29, 0.717) is 6.04 Å². The van der Waals surface area contributed by atoms with Crippen molar-refractivity contribution in [2.45, 2.75) is 84.6 Å². The molecule has 1 radical (unpaired) electrons. The summed E-state index contributed by atoms with van der Waals surface area (Å²) in [6.07, 6.45) is 16.3. The lowest BCUT2D eigenvalue weighted by molar-refractivity contribution is 0.474. The molecule has 0 saturated heterocycles. The molecule has 1 unspecified atom stereocenters. The highest BCUT2D eigenvalue weighted by Gasteiger charge is 2.00. The van der Waals surface area contributed by atoms with Crippen LogP contribution in [0.4, 0.5) is 0 Å². The van der Waals surface area contributed by atoms with Gasteiger partial charge in [-0.2, -0.15) is 0 Å². The third-order valence-corrected chi connectivity index (χ3v) is 3.09. The number of rotatable bonds is 12. The normalized spacial score (nSPS) is 13.4. The van der Waals surface area contributed by atoms with Crippen LogP contribution in [0, 0.1) is 0 Å². The van der Waals surface area contributed by atoms with Gasteiger partial charge in [-0.05, 0) is 39.0 Å². The van der Waals surface area contributed by atoms with Crippen molar-refractivity contribution in [2.75, 3.05) is 6.54 Å². The Balaban J connectivity index is 3.18. The molecular weight excluding hydrogens is 206 g/mol. The lowest BCUT2D eigenvalue weighted by atomic mass is 10.1. The van der Waals surface area contributed by atoms with Crippen molar-refractivity contribution in [3.8, 4) is 0 Å². The molecule has 1 nitrogen and oxygen atoms in total. The van der Waals surface area contributed by atoms with Crippen molar-refractivity contribution in [2.24, 2.45) is 0 Å². The van der Waals surface area contributed by atoms with E-state index in [1.54, 1.807) is 0 Å². The molecule has 0 spiro atoms. The van der Waals surface area contributed by atoms with Crippen LogP contribution in [0.2, 0.25) is 0 Å². The highest BCUT2D eigenvalue weighted by Crippen LogP contribution is 2.06. The lowest BCUT2D eigenvalue weighted by Crippen LogP contribution is -2.19. The second-order valence-electron chi connectivity index (χ2n) is 5.01. The van der Waals surface area contributed by atoms with E-state index in [9.17, 15) is 0 Å². The first kappa shape index (κ1) is 16.7. The van der Waals surface area contributed by atoms with Crippen molar-refractivity contribution in [3.05, 3.63) is 12.2 Å². The molecule has 0 aromatic carbocycles. The van der Waals surface area contributed by atoms with Crippen LogP contribution in [0.3, 0.4) is 0 Å². The molecular formula is C16H32N. The van der Waals surface area contributed by atoms with E-state index in [0.717, 1.165) is 6.54 Å². The molecule has 0 amide bonds. The van der Waals surface area contributed by atoms with E-state index in [1.165, 1.54) is 57.8 Å². The summed E-state index contributed by atoms with van der Waals surface area (Å²) in [6, 6.07) is 0.575. The first-order valence-corrected chi connectivity index (χ1v) is 7.62. The predicted octanol–water partition coefficient (Wildman–Crippen LogP) is 5.09. The van der Waals surface area contributed by atoms with Crippen molar-refractivity contribution < 1.29 is 0 Å². The monoisotopic (exact) mass is 238 g/mol. The number of nitrogens with zero attached hydrogens (tertiary/aromatic N) is 1. The molecule has 0 aromatic heterocycles. The first-order chi connectivity index (χ1) is 8.31. The molecule has 0 heterocycles. The van der Waals surface area contributed by atoms with Gasteiger partial charge in [-0.15, -0.1) is 0 Å². The van der Waals surface area contributed by atoms with Gasteiger partial charge in [0.2, 0.25) is 0 Å². The Labute approximate surface area is 109 Å². The van der Waals surface area contributed by atoms with E-state index in [2.05, 4.69) is 38.2 Å². The fourth-order valence-corrected chi connectivity index (χ4v) is 1.82. The van der Waals surface area contributed by atoms with Gasteiger partial charge < -0.3 is 0 Å². The largest absolute Gasteiger partial charge is 0.239 e. The fourth-order valence-electron chi connectivity index (χ4n) is 1.82. The van der Waals surface area contributed by atoms with E-state index in [1.807, 2.05) is 0 Å². The second kappa shape index (κ2) is 13.8. The van der Waals surface area contributed by atoms with Gasteiger partial charge in [-0.25, -0.2) is 5.32 Å². The number of hydrogen-bond donors (Lipinski definition) is 0. The highest BCUT2D eigenvalue weighted by atomic mass is 14.9. The lowest BCUT2D eigenvalue weighted by Gasteiger charge is -2.10. The standard InChI is InChI=1S/C16H32N/c1-4-6-8-9-10-11-12-13-14-16(3)17-15-7-5-2/h9-10,16H,4-8,11-15H2,1-3H3/b10-9+. The van der Waals surface area contributed by atoms with Crippen LogP contribution in [0.25, 0.3) is 0 Å². The van der Waals surface area contributed by atoms with Gasteiger partial charge in [0.15, 0.2) is 0 Å². The van der Waals surface area contributed by atoms with E-state index >= 15 is 0 Å². The van der Waals surface area contributed by atoms with Gasteiger partial charge in [0.1, 0.15) is 0 Å². The SMILES string of the molecule is CCCC/C=C/CCCCC(C)[N]CCCC. The molecule has 0 aliphatic carbocycles. The Bertz CT molecular complexity index is 163. The average molecular weight is 238 g/mol. The van der Waals surface area contributed by atoms with Gasteiger partial charge in [-0.3, -0.25) is 0 Å². The van der Waals surface area contributed by atoms with Crippen LogP contribution < -0.4 is 5.32 Å². The maximum atomic E-state index is 4.65. The molecule has 0 bridgehead atoms. The molecule has 0 aliphatic rings. The zero-order valence-corrected chi connectivity index (χ0v) is 12.3. The Morgan fingerprint density at radius 2 is 1.53 bits per heavy atom. The van der Waals surface area contributed by atoms with Gasteiger partial charge in [0, 0.05) is 12.6 Å². The summed E-state index contributed by atoms with van der Waals surface area (Å²) in [5.41, 5.74) is 0. The van der Waals surface area contributed by atoms with E-state index in [-0.39, 0.29) is 0 Å². The van der Waals surface area contributed by atoms with Crippen LogP contribution in [-0.2, 0) is 0 Å². The van der Waals surface area contributed by atoms with Crippen LogP contribution in [0.15, 0.2) is 12.2 Å². The minimum Gasteiger partial charge on any atom is -0.239 e. The summed E-state index contributed by atoms with van der Waals surface area (Å²) in [5, 5.41) is 4.65. The molecule has 101 valence electrons. The van der Waals surface area contributed by atoms with Crippen molar-refractivity contribution >= 4 is 0 Å². The summed E-state index contributed by atoms with van der Waals surface area (Å²) in [5.74, 6) is 0. The molecule has 1 atom stereocenters. The predicted molar refractivity (Wildman–Crippen MR) is 78.5 cm³/mol. The maximum Gasteiger partial charge on any atom is 0.0217 e.